The van der Waals surface area contributed by atoms with Crippen molar-refractivity contribution < 1.29 is 14.0 Å². The van der Waals surface area contributed by atoms with Crippen LogP contribution in [-0.4, -0.2) is 22.1 Å². The van der Waals surface area contributed by atoms with Crippen molar-refractivity contribution in [2.24, 2.45) is 0 Å². The summed E-state index contributed by atoms with van der Waals surface area (Å²) in [5.41, 5.74) is 1.32. The second-order valence-electron chi connectivity index (χ2n) is 5.53. The highest BCUT2D eigenvalue weighted by molar-refractivity contribution is 7.15. The molecular weight excluding hydrogens is 369 g/mol. The number of anilines is 2. The SMILES string of the molecule is O=C(Cc1nnc(NC(=O)Nc2cccc(F)c2)s1)NCc1ccccc1. The first-order valence-corrected chi connectivity index (χ1v) is 8.87. The van der Waals surface area contributed by atoms with E-state index in [1.807, 2.05) is 30.3 Å². The lowest BCUT2D eigenvalue weighted by molar-refractivity contribution is -0.120. The predicted molar refractivity (Wildman–Crippen MR) is 101 cm³/mol. The fourth-order valence-corrected chi connectivity index (χ4v) is 2.93. The number of carbonyl (C=O) groups excluding carboxylic acids is 2. The van der Waals surface area contributed by atoms with Crippen molar-refractivity contribution in [1.29, 1.82) is 0 Å². The minimum absolute atomic E-state index is 0.0672. The van der Waals surface area contributed by atoms with E-state index in [9.17, 15) is 14.0 Å². The number of urea groups is 1. The van der Waals surface area contributed by atoms with Crippen LogP contribution in [0.5, 0.6) is 0 Å². The van der Waals surface area contributed by atoms with Gasteiger partial charge in [-0.1, -0.05) is 47.7 Å². The number of carbonyl (C=O) groups is 2. The number of hydrogen-bond donors (Lipinski definition) is 3. The number of nitrogens with one attached hydrogen (secondary N) is 3. The summed E-state index contributed by atoms with van der Waals surface area (Å²) < 4.78 is 13.1. The van der Waals surface area contributed by atoms with Gasteiger partial charge in [0.05, 0.1) is 6.42 Å². The molecule has 3 N–H and O–H groups in total. The number of amides is 3. The number of nitrogens with zero attached hydrogens (tertiary/aromatic N) is 2. The summed E-state index contributed by atoms with van der Waals surface area (Å²) in [7, 11) is 0. The highest BCUT2D eigenvalue weighted by atomic mass is 32.1. The van der Waals surface area contributed by atoms with E-state index >= 15 is 0 Å². The van der Waals surface area contributed by atoms with Gasteiger partial charge in [0.25, 0.3) is 0 Å². The molecule has 0 atom stereocenters. The molecule has 0 bridgehead atoms. The van der Waals surface area contributed by atoms with Gasteiger partial charge >= 0.3 is 6.03 Å². The predicted octanol–water partition coefficient (Wildman–Crippen LogP) is 3.18. The molecule has 2 aromatic carbocycles. The summed E-state index contributed by atoms with van der Waals surface area (Å²) in [6, 6.07) is 14.5. The zero-order valence-corrected chi connectivity index (χ0v) is 14.9. The third-order valence-electron chi connectivity index (χ3n) is 3.41. The molecule has 0 fully saturated rings. The van der Waals surface area contributed by atoms with Crippen molar-refractivity contribution in [3.63, 3.8) is 0 Å². The van der Waals surface area contributed by atoms with Gasteiger partial charge in [0, 0.05) is 12.2 Å². The van der Waals surface area contributed by atoms with E-state index < -0.39 is 11.8 Å². The average Bonchev–Trinajstić information content (AvgIpc) is 3.07. The van der Waals surface area contributed by atoms with Gasteiger partial charge in [-0.15, -0.1) is 10.2 Å². The Balaban J connectivity index is 1.47. The second-order valence-corrected chi connectivity index (χ2v) is 6.59. The van der Waals surface area contributed by atoms with Gasteiger partial charge in [-0.05, 0) is 23.8 Å². The van der Waals surface area contributed by atoms with E-state index in [0.29, 0.717) is 17.2 Å². The van der Waals surface area contributed by atoms with Crippen LogP contribution in [0.4, 0.5) is 20.0 Å². The van der Waals surface area contributed by atoms with Gasteiger partial charge in [0.2, 0.25) is 11.0 Å². The molecule has 0 aliphatic heterocycles. The van der Waals surface area contributed by atoms with Crippen LogP contribution in [0.3, 0.4) is 0 Å². The Bertz CT molecular complexity index is 932. The summed E-state index contributed by atoms with van der Waals surface area (Å²) >= 11 is 1.10. The Kier molecular flexibility index (Phi) is 6.06. The van der Waals surface area contributed by atoms with Crippen LogP contribution in [0, 0.1) is 5.82 Å². The average molecular weight is 385 g/mol. The van der Waals surface area contributed by atoms with Crippen molar-refractivity contribution in [2.45, 2.75) is 13.0 Å². The third kappa shape index (κ3) is 5.86. The zero-order valence-electron chi connectivity index (χ0n) is 14.1. The van der Waals surface area contributed by atoms with Crippen LogP contribution in [0.15, 0.2) is 54.6 Å². The van der Waals surface area contributed by atoms with Crippen molar-refractivity contribution in [2.75, 3.05) is 10.6 Å². The lowest BCUT2D eigenvalue weighted by Gasteiger charge is -2.04. The second kappa shape index (κ2) is 8.86. The van der Waals surface area contributed by atoms with Gasteiger partial charge in [-0.2, -0.15) is 0 Å². The van der Waals surface area contributed by atoms with Crippen LogP contribution >= 0.6 is 11.3 Å². The van der Waals surface area contributed by atoms with Gasteiger partial charge in [0.1, 0.15) is 10.8 Å². The molecule has 0 unspecified atom stereocenters. The molecule has 9 heteroatoms. The van der Waals surface area contributed by atoms with Gasteiger partial charge in [-0.25, -0.2) is 9.18 Å². The molecule has 138 valence electrons. The Morgan fingerprint density at radius 2 is 1.81 bits per heavy atom. The maximum Gasteiger partial charge on any atom is 0.325 e. The molecule has 7 nitrogen and oxygen atoms in total. The zero-order chi connectivity index (χ0) is 19.1. The number of aromatic nitrogens is 2. The van der Waals surface area contributed by atoms with Crippen molar-refractivity contribution in [3.8, 4) is 0 Å². The first-order chi connectivity index (χ1) is 13.1. The monoisotopic (exact) mass is 385 g/mol. The standard InChI is InChI=1S/C18H16FN5O2S/c19-13-7-4-8-14(9-13)21-17(26)22-18-24-23-16(27-18)10-15(25)20-11-12-5-2-1-3-6-12/h1-9H,10-11H2,(H,20,25)(H2,21,22,24,26). The van der Waals surface area contributed by atoms with E-state index in [1.54, 1.807) is 6.07 Å². The molecule has 3 rings (SSSR count). The maximum atomic E-state index is 13.1. The van der Waals surface area contributed by atoms with E-state index in [4.69, 9.17) is 0 Å². The molecule has 3 aromatic rings. The van der Waals surface area contributed by atoms with E-state index in [2.05, 4.69) is 26.1 Å². The summed E-state index contributed by atoms with van der Waals surface area (Å²) in [6.45, 7) is 0.430. The molecule has 0 saturated carbocycles. The quantitative estimate of drug-likeness (QED) is 0.607. The van der Waals surface area contributed by atoms with Crippen molar-refractivity contribution in [1.82, 2.24) is 15.5 Å². The van der Waals surface area contributed by atoms with E-state index in [-0.39, 0.29) is 17.5 Å². The normalized spacial score (nSPS) is 10.3. The maximum absolute atomic E-state index is 13.1. The first kappa shape index (κ1) is 18.5. The number of benzene rings is 2. The summed E-state index contributed by atoms with van der Waals surface area (Å²) in [5.74, 6) is -0.640. The molecular formula is C18H16FN5O2S. The minimum Gasteiger partial charge on any atom is -0.352 e. The Morgan fingerprint density at radius 3 is 2.59 bits per heavy atom. The number of halogens is 1. The van der Waals surface area contributed by atoms with Crippen LogP contribution in [0.1, 0.15) is 10.6 Å². The molecule has 1 aromatic heterocycles. The molecule has 27 heavy (non-hydrogen) atoms. The Labute approximate surface area is 158 Å². The Morgan fingerprint density at radius 1 is 1.00 bits per heavy atom. The molecule has 3 amide bonds. The summed E-state index contributed by atoms with van der Waals surface area (Å²) in [5, 5.41) is 16.2. The fourth-order valence-electron chi connectivity index (χ4n) is 2.20. The topological polar surface area (TPSA) is 96.0 Å². The smallest absolute Gasteiger partial charge is 0.325 e. The third-order valence-corrected chi connectivity index (χ3v) is 4.25. The summed E-state index contributed by atoms with van der Waals surface area (Å²) in [4.78, 5) is 23.9. The molecule has 0 aliphatic carbocycles. The van der Waals surface area contributed by atoms with Gasteiger partial charge in [0.15, 0.2) is 0 Å². The van der Waals surface area contributed by atoms with E-state index in [0.717, 1.165) is 16.9 Å². The summed E-state index contributed by atoms with van der Waals surface area (Å²) in [6.07, 6.45) is 0.0672. The van der Waals surface area contributed by atoms with Gasteiger partial charge < -0.3 is 10.6 Å². The van der Waals surface area contributed by atoms with Crippen LogP contribution in [0.25, 0.3) is 0 Å². The van der Waals surface area contributed by atoms with Crippen molar-refractivity contribution >= 4 is 34.1 Å². The lowest BCUT2D eigenvalue weighted by atomic mass is 10.2. The van der Waals surface area contributed by atoms with Gasteiger partial charge in [-0.3, -0.25) is 10.1 Å². The molecule has 0 spiro atoms. The Hall–Kier alpha value is -3.33. The highest BCUT2D eigenvalue weighted by Crippen LogP contribution is 2.16. The molecule has 0 saturated heterocycles. The fraction of sp³-hybridized carbons (Fsp3) is 0.111. The minimum atomic E-state index is -0.572. The lowest BCUT2D eigenvalue weighted by Crippen LogP contribution is -2.24. The molecule has 0 radical (unpaired) electrons. The van der Waals surface area contributed by atoms with Crippen LogP contribution < -0.4 is 16.0 Å². The van der Waals surface area contributed by atoms with Crippen molar-refractivity contribution in [3.05, 3.63) is 71.0 Å². The van der Waals surface area contributed by atoms with Crippen LogP contribution in [0.2, 0.25) is 0 Å². The van der Waals surface area contributed by atoms with Crippen LogP contribution in [-0.2, 0) is 17.8 Å². The van der Waals surface area contributed by atoms with E-state index in [1.165, 1.54) is 18.2 Å². The first-order valence-electron chi connectivity index (χ1n) is 8.05. The number of hydrogen-bond acceptors (Lipinski definition) is 5. The molecule has 0 aliphatic rings. The molecule has 1 heterocycles. The highest BCUT2D eigenvalue weighted by Gasteiger charge is 2.11. The number of rotatable bonds is 6. The largest absolute Gasteiger partial charge is 0.352 e.